The lowest BCUT2D eigenvalue weighted by atomic mass is 9.84. The lowest BCUT2D eigenvalue weighted by Gasteiger charge is -2.19. The van der Waals surface area contributed by atoms with Crippen molar-refractivity contribution >= 4 is 53.9 Å². The number of hydrogen-bond donors (Lipinski definition) is 0. The van der Waals surface area contributed by atoms with Crippen LogP contribution in [0.15, 0.2) is 194 Å². The summed E-state index contributed by atoms with van der Waals surface area (Å²) in [5, 5.41) is 12.8. The highest BCUT2D eigenvalue weighted by atomic mass is 14.2. The Balaban J connectivity index is 1.20. The van der Waals surface area contributed by atoms with Crippen LogP contribution < -0.4 is 0 Å². The van der Waals surface area contributed by atoms with Crippen molar-refractivity contribution in [3.63, 3.8) is 0 Å². The summed E-state index contributed by atoms with van der Waals surface area (Å²) in [5.41, 5.74) is 9.95. The topological polar surface area (TPSA) is 0 Å². The minimum atomic E-state index is 1.22. The van der Waals surface area contributed by atoms with Crippen LogP contribution in [-0.4, -0.2) is 0 Å². The lowest BCUT2D eigenvalue weighted by Crippen LogP contribution is -1.92. The molecule has 0 atom stereocenters. The first kappa shape index (κ1) is 28.5. The van der Waals surface area contributed by atoms with Crippen molar-refractivity contribution in [1.82, 2.24) is 0 Å². The normalized spacial score (nSPS) is 11.6. The number of benzene rings is 10. The molecule has 0 bridgehead atoms. The smallest absolute Gasteiger partial charge is 0.00204 e. The molecule has 0 aliphatic rings. The summed E-state index contributed by atoms with van der Waals surface area (Å²) in [6.07, 6.45) is 0. The summed E-state index contributed by atoms with van der Waals surface area (Å²) in [5.74, 6) is 0. The van der Waals surface area contributed by atoms with Gasteiger partial charge in [0, 0.05) is 0 Å². The maximum atomic E-state index is 2.40. The molecule has 10 rings (SSSR count). The Morgan fingerprint density at radius 1 is 0.200 bits per heavy atom. The molecule has 10 aromatic carbocycles. The molecule has 0 unspecified atom stereocenters. The van der Waals surface area contributed by atoms with E-state index in [-0.39, 0.29) is 0 Å². The molecule has 0 aliphatic carbocycles. The Labute approximate surface area is 291 Å². The number of hydrogen-bond acceptors (Lipinski definition) is 0. The zero-order chi connectivity index (χ0) is 33.0. The van der Waals surface area contributed by atoms with E-state index in [1.165, 1.54) is 98.4 Å². The predicted molar refractivity (Wildman–Crippen MR) is 216 cm³/mol. The first-order valence-electron chi connectivity index (χ1n) is 17.4. The van der Waals surface area contributed by atoms with Crippen molar-refractivity contribution in [2.75, 3.05) is 0 Å². The highest BCUT2D eigenvalue weighted by Crippen LogP contribution is 2.46. The van der Waals surface area contributed by atoms with Crippen molar-refractivity contribution in [2.45, 2.75) is 0 Å². The molecular weight excluding hydrogens is 601 g/mol. The maximum Gasteiger partial charge on any atom is -0.00204 e. The zero-order valence-corrected chi connectivity index (χ0v) is 27.5. The number of rotatable bonds is 4. The van der Waals surface area contributed by atoms with Gasteiger partial charge in [0.15, 0.2) is 0 Å². The third-order valence-electron chi connectivity index (χ3n) is 10.4. The molecule has 0 aliphatic heterocycles. The molecule has 232 valence electrons. The summed E-state index contributed by atoms with van der Waals surface area (Å²) in [7, 11) is 0. The van der Waals surface area contributed by atoms with E-state index >= 15 is 0 Å². The van der Waals surface area contributed by atoms with E-state index in [0.717, 1.165) is 0 Å². The molecule has 50 heavy (non-hydrogen) atoms. The molecule has 0 saturated carbocycles. The Bertz CT molecular complexity index is 2790. The van der Waals surface area contributed by atoms with E-state index < -0.39 is 0 Å². The van der Waals surface area contributed by atoms with Crippen LogP contribution in [0.5, 0.6) is 0 Å². The minimum Gasteiger partial charge on any atom is -0.0622 e. The third kappa shape index (κ3) is 4.46. The van der Waals surface area contributed by atoms with Crippen molar-refractivity contribution < 1.29 is 0 Å². The second-order valence-corrected chi connectivity index (χ2v) is 13.2. The summed E-state index contributed by atoms with van der Waals surface area (Å²) >= 11 is 0. The molecule has 0 amide bonds. The SMILES string of the molecule is c1ccc(-c2ccc(-c3c4ccccc4c(-c4cccc(-c5cccc6c7ccccc7c7ccccc7c56)c4)c4ccccc34)cc2)cc1. The van der Waals surface area contributed by atoms with Crippen molar-refractivity contribution in [1.29, 1.82) is 0 Å². The Hall–Kier alpha value is -6.50. The summed E-state index contributed by atoms with van der Waals surface area (Å²) in [4.78, 5) is 0. The van der Waals surface area contributed by atoms with Crippen LogP contribution >= 0.6 is 0 Å². The van der Waals surface area contributed by atoms with Crippen molar-refractivity contribution in [3.05, 3.63) is 194 Å². The lowest BCUT2D eigenvalue weighted by molar-refractivity contribution is 1.61. The van der Waals surface area contributed by atoms with Crippen LogP contribution in [0.2, 0.25) is 0 Å². The summed E-state index contributed by atoms with van der Waals surface area (Å²) < 4.78 is 0. The average molecular weight is 633 g/mol. The predicted octanol–water partition coefficient (Wildman–Crippen LogP) is 14.1. The summed E-state index contributed by atoms with van der Waals surface area (Å²) in [6, 6.07) is 71.2. The van der Waals surface area contributed by atoms with Crippen LogP contribution in [-0.2, 0) is 0 Å². The molecule has 0 fully saturated rings. The molecule has 0 nitrogen and oxygen atoms in total. The first-order chi connectivity index (χ1) is 24.8. The average Bonchev–Trinajstić information content (AvgIpc) is 3.20. The van der Waals surface area contributed by atoms with Gasteiger partial charge >= 0.3 is 0 Å². The van der Waals surface area contributed by atoms with Gasteiger partial charge in [-0.15, -0.1) is 0 Å². The van der Waals surface area contributed by atoms with Crippen LogP contribution in [0.25, 0.3) is 98.4 Å². The molecule has 0 N–H and O–H groups in total. The van der Waals surface area contributed by atoms with Gasteiger partial charge in [0.2, 0.25) is 0 Å². The van der Waals surface area contributed by atoms with Crippen LogP contribution in [0.4, 0.5) is 0 Å². The van der Waals surface area contributed by atoms with Crippen molar-refractivity contribution in [2.24, 2.45) is 0 Å². The molecule has 0 heterocycles. The Kier molecular flexibility index (Phi) is 6.60. The second-order valence-electron chi connectivity index (χ2n) is 13.2. The van der Waals surface area contributed by atoms with Gasteiger partial charge in [-0.25, -0.2) is 0 Å². The second kappa shape index (κ2) is 11.6. The summed E-state index contributed by atoms with van der Waals surface area (Å²) in [6.45, 7) is 0. The molecule has 0 saturated heterocycles. The Morgan fingerprint density at radius 3 is 1.14 bits per heavy atom. The first-order valence-corrected chi connectivity index (χ1v) is 17.4. The standard InChI is InChI=1S/C50H32/c1-2-14-33(15-3-1)34-28-30-35(31-29-34)48-44-22-8-10-24-46(44)49(47-25-11-9-23-45(47)48)37-17-12-16-36(32-37)38-26-13-27-43-41-19-5-4-18-39(41)40-20-6-7-21-42(40)50(38)43/h1-32H. The molecular formula is C50H32. The van der Waals surface area contributed by atoms with E-state index in [2.05, 4.69) is 194 Å². The van der Waals surface area contributed by atoms with Gasteiger partial charge in [-0.2, -0.15) is 0 Å². The monoisotopic (exact) mass is 632 g/mol. The minimum absolute atomic E-state index is 1.22. The Morgan fingerprint density at radius 2 is 0.560 bits per heavy atom. The van der Waals surface area contributed by atoms with Crippen molar-refractivity contribution in [3.8, 4) is 44.5 Å². The van der Waals surface area contributed by atoms with Gasteiger partial charge in [-0.1, -0.05) is 188 Å². The maximum absolute atomic E-state index is 2.40. The largest absolute Gasteiger partial charge is 0.0622 e. The molecule has 0 spiro atoms. The van der Waals surface area contributed by atoms with E-state index in [1.807, 2.05) is 0 Å². The van der Waals surface area contributed by atoms with Gasteiger partial charge in [0.05, 0.1) is 0 Å². The molecule has 10 aromatic rings. The van der Waals surface area contributed by atoms with Gasteiger partial charge in [0.1, 0.15) is 0 Å². The van der Waals surface area contributed by atoms with Gasteiger partial charge in [0.25, 0.3) is 0 Å². The van der Waals surface area contributed by atoms with Crippen LogP contribution in [0, 0.1) is 0 Å². The molecule has 0 aromatic heterocycles. The highest BCUT2D eigenvalue weighted by Gasteiger charge is 2.18. The fraction of sp³-hybridized carbons (Fsp3) is 0. The molecule has 0 radical (unpaired) electrons. The van der Waals surface area contributed by atoms with Crippen LogP contribution in [0.1, 0.15) is 0 Å². The molecule has 0 heteroatoms. The third-order valence-corrected chi connectivity index (χ3v) is 10.4. The van der Waals surface area contributed by atoms with Gasteiger partial charge < -0.3 is 0 Å². The fourth-order valence-corrected chi connectivity index (χ4v) is 8.25. The van der Waals surface area contributed by atoms with E-state index in [1.54, 1.807) is 0 Å². The number of fused-ring (bicyclic) bond motifs is 8. The van der Waals surface area contributed by atoms with Gasteiger partial charge in [-0.3, -0.25) is 0 Å². The van der Waals surface area contributed by atoms with E-state index in [9.17, 15) is 0 Å². The quantitative estimate of drug-likeness (QED) is 0.134. The van der Waals surface area contributed by atoms with E-state index in [4.69, 9.17) is 0 Å². The fourth-order valence-electron chi connectivity index (χ4n) is 8.25. The highest BCUT2D eigenvalue weighted by molar-refractivity contribution is 6.28. The van der Waals surface area contributed by atoms with Crippen LogP contribution in [0.3, 0.4) is 0 Å². The van der Waals surface area contributed by atoms with E-state index in [0.29, 0.717) is 0 Å². The zero-order valence-electron chi connectivity index (χ0n) is 27.5. The van der Waals surface area contributed by atoms with Gasteiger partial charge in [-0.05, 0) is 104 Å².